The van der Waals surface area contributed by atoms with Crippen LogP contribution < -0.4 is 16.0 Å². The highest BCUT2D eigenvalue weighted by molar-refractivity contribution is 5.96. The molecule has 0 atom stereocenters. The molecule has 2 rings (SSSR count). The van der Waals surface area contributed by atoms with E-state index < -0.39 is 0 Å². The Kier molecular flexibility index (Phi) is 2.85. The molecule has 0 aliphatic heterocycles. The number of ether oxygens (including phenoxy) is 1. The van der Waals surface area contributed by atoms with Crippen LogP contribution in [0.1, 0.15) is 11.3 Å². The van der Waals surface area contributed by atoms with Crippen molar-refractivity contribution in [3.8, 4) is 5.75 Å². The molecule has 2 aromatic rings. The van der Waals surface area contributed by atoms with Crippen LogP contribution in [0.2, 0.25) is 0 Å². The van der Waals surface area contributed by atoms with E-state index in [4.69, 9.17) is 10.6 Å². The van der Waals surface area contributed by atoms with Crippen molar-refractivity contribution in [2.24, 2.45) is 5.84 Å². The number of nitrogens with two attached hydrogens (primary N) is 1. The molecule has 0 radical (unpaired) electrons. The lowest BCUT2D eigenvalue weighted by Crippen LogP contribution is -2.10. The molecule has 3 N–H and O–H groups in total. The summed E-state index contributed by atoms with van der Waals surface area (Å²) in [6, 6.07) is 2.71. The molecule has 0 aliphatic carbocycles. The molecule has 0 amide bonds. The molecule has 90 valence electrons. The van der Waals surface area contributed by atoms with Gasteiger partial charge in [-0.25, -0.2) is 9.37 Å². The number of halogens is 1. The number of nitrogen functional groups attached to an aromatic ring is 1. The van der Waals surface area contributed by atoms with Crippen molar-refractivity contribution in [1.29, 1.82) is 0 Å². The van der Waals surface area contributed by atoms with Gasteiger partial charge in [-0.3, -0.25) is 5.84 Å². The SMILES string of the molecule is COc1cc(F)cc2c(NN)c(C)c(C)nc12. The standard InChI is InChI=1S/C12H14FN3O/c1-6-7(2)15-12-9(11(6)16-14)4-8(13)5-10(12)17-3/h4-5H,14H2,1-3H3,(H,15,16). The predicted molar refractivity (Wildman–Crippen MR) is 65.5 cm³/mol. The van der Waals surface area contributed by atoms with Crippen molar-refractivity contribution in [3.63, 3.8) is 0 Å². The van der Waals surface area contributed by atoms with Gasteiger partial charge in [-0.05, 0) is 25.5 Å². The van der Waals surface area contributed by atoms with Crippen LogP contribution in [0.15, 0.2) is 12.1 Å². The van der Waals surface area contributed by atoms with Crippen LogP contribution in [0.25, 0.3) is 10.9 Å². The number of nitrogens with zero attached hydrogens (tertiary/aromatic N) is 1. The minimum atomic E-state index is -0.379. The third-order valence-electron chi connectivity index (χ3n) is 2.87. The molecular formula is C12H14FN3O. The van der Waals surface area contributed by atoms with Crippen LogP contribution in [0.4, 0.5) is 10.1 Å². The average Bonchev–Trinajstić information content (AvgIpc) is 2.31. The fraction of sp³-hybridized carbons (Fsp3) is 0.250. The van der Waals surface area contributed by atoms with Crippen molar-refractivity contribution in [2.75, 3.05) is 12.5 Å². The number of rotatable bonds is 2. The Balaban J connectivity index is 2.94. The number of hydrogen-bond acceptors (Lipinski definition) is 4. The molecule has 1 heterocycles. The molecular weight excluding hydrogens is 221 g/mol. The van der Waals surface area contributed by atoms with E-state index in [1.807, 2.05) is 13.8 Å². The zero-order chi connectivity index (χ0) is 12.6. The van der Waals surface area contributed by atoms with E-state index >= 15 is 0 Å². The molecule has 0 aliphatic rings. The molecule has 0 saturated carbocycles. The van der Waals surface area contributed by atoms with Crippen molar-refractivity contribution < 1.29 is 9.13 Å². The van der Waals surface area contributed by atoms with E-state index in [-0.39, 0.29) is 5.82 Å². The largest absolute Gasteiger partial charge is 0.494 e. The van der Waals surface area contributed by atoms with Crippen LogP contribution in [-0.4, -0.2) is 12.1 Å². The van der Waals surface area contributed by atoms with Gasteiger partial charge in [0.15, 0.2) is 0 Å². The van der Waals surface area contributed by atoms with E-state index in [1.165, 1.54) is 19.2 Å². The van der Waals surface area contributed by atoms with Gasteiger partial charge in [0.25, 0.3) is 0 Å². The molecule has 0 bridgehead atoms. The maximum absolute atomic E-state index is 13.5. The maximum Gasteiger partial charge on any atom is 0.148 e. The van der Waals surface area contributed by atoms with E-state index in [2.05, 4.69) is 10.4 Å². The van der Waals surface area contributed by atoms with Gasteiger partial charge in [0.1, 0.15) is 17.1 Å². The Morgan fingerprint density at radius 3 is 2.65 bits per heavy atom. The van der Waals surface area contributed by atoms with Crippen LogP contribution in [0.5, 0.6) is 5.75 Å². The monoisotopic (exact) mass is 235 g/mol. The first kappa shape index (κ1) is 11.6. The highest BCUT2D eigenvalue weighted by atomic mass is 19.1. The Bertz CT molecular complexity index is 584. The van der Waals surface area contributed by atoms with Crippen molar-refractivity contribution in [2.45, 2.75) is 13.8 Å². The summed E-state index contributed by atoms with van der Waals surface area (Å²) in [5.74, 6) is 5.51. The van der Waals surface area contributed by atoms with Gasteiger partial charge in [0.05, 0.1) is 12.8 Å². The highest BCUT2D eigenvalue weighted by Crippen LogP contribution is 2.33. The van der Waals surface area contributed by atoms with Crippen molar-refractivity contribution >= 4 is 16.6 Å². The van der Waals surface area contributed by atoms with E-state index in [0.29, 0.717) is 22.3 Å². The van der Waals surface area contributed by atoms with E-state index in [1.54, 1.807) is 0 Å². The number of anilines is 1. The van der Waals surface area contributed by atoms with Gasteiger partial charge in [-0.2, -0.15) is 0 Å². The lowest BCUT2D eigenvalue weighted by atomic mass is 10.1. The second kappa shape index (κ2) is 4.18. The molecule has 1 aromatic heterocycles. The van der Waals surface area contributed by atoms with Gasteiger partial charge in [0.2, 0.25) is 0 Å². The lowest BCUT2D eigenvalue weighted by Gasteiger charge is -2.13. The summed E-state index contributed by atoms with van der Waals surface area (Å²) in [7, 11) is 1.49. The molecule has 5 heteroatoms. The summed E-state index contributed by atoms with van der Waals surface area (Å²) in [6.07, 6.45) is 0. The first-order valence-corrected chi connectivity index (χ1v) is 5.19. The number of benzene rings is 1. The second-order valence-corrected chi connectivity index (χ2v) is 3.85. The number of aryl methyl sites for hydroxylation is 1. The Morgan fingerprint density at radius 2 is 2.06 bits per heavy atom. The molecule has 0 spiro atoms. The normalized spacial score (nSPS) is 10.6. The number of nitrogens with one attached hydrogen (secondary N) is 1. The summed E-state index contributed by atoms with van der Waals surface area (Å²) in [5, 5.41) is 0.618. The van der Waals surface area contributed by atoms with Gasteiger partial charge in [-0.1, -0.05) is 0 Å². The van der Waals surface area contributed by atoms with Crippen molar-refractivity contribution in [1.82, 2.24) is 4.98 Å². The topological polar surface area (TPSA) is 60.2 Å². The molecule has 0 unspecified atom stereocenters. The zero-order valence-corrected chi connectivity index (χ0v) is 9.97. The quantitative estimate of drug-likeness (QED) is 0.619. The Hall–Kier alpha value is -1.88. The maximum atomic E-state index is 13.5. The number of aromatic nitrogens is 1. The summed E-state index contributed by atoms with van der Waals surface area (Å²) >= 11 is 0. The fourth-order valence-corrected chi connectivity index (χ4v) is 1.86. The Labute approximate surface area is 98.6 Å². The summed E-state index contributed by atoms with van der Waals surface area (Å²) in [4.78, 5) is 4.41. The number of hydrogen-bond donors (Lipinski definition) is 2. The van der Waals surface area contributed by atoms with Crippen LogP contribution in [0.3, 0.4) is 0 Å². The van der Waals surface area contributed by atoms with Crippen LogP contribution in [-0.2, 0) is 0 Å². The molecule has 4 nitrogen and oxygen atoms in total. The number of hydrazine groups is 1. The first-order valence-electron chi connectivity index (χ1n) is 5.19. The van der Waals surface area contributed by atoms with Gasteiger partial charge in [-0.15, -0.1) is 0 Å². The fourth-order valence-electron chi connectivity index (χ4n) is 1.86. The van der Waals surface area contributed by atoms with Gasteiger partial charge >= 0.3 is 0 Å². The van der Waals surface area contributed by atoms with Gasteiger partial charge in [0, 0.05) is 17.1 Å². The molecule has 17 heavy (non-hydrogen) atoms. The summed E-state index contributed by atoms with van der Waals surface area (Å²) in [6.45, 7) is 3.76. The summed E-state index contributed by atoms with van der Waals surface area (Å²) < 4.78 is 18.6. The highest BCUT2D eigenvalue weighted by Gasteiger charge is 2.13. The lowest BCUT2D eigenvalue weighted by molar-refractivity contribution is 0.415. The summed E-state index contributed by atoms with van der Waals surface area (Å²) in [5.41, 5.74) is 5.59. The average molecular weight is 235 g/mol. The van der Waals surface area contributed by atoms with Gasteiger partial charge < -0.3 is 10.2 Å². The molecule has 0 fully saturated rings. The smallest absolute Gasteiger partial charge is 0.148 e. The first-order chi connectivity index (χ1) is 8.08. The number of fused-ring (bicyclic) bond motifs is 1. The molecule has 1 aromatic carbocycles. The third-order valence-corrected chi connectivity index (χ3v) is 2.87. The zero-order valence-electron chi connectivity index (χ0n) is 9.97. The molecule has 0 saturated heterocycles. The minimum absolute atomic E-state index is 0.379. The Morgan fingerprint density at radius 1 is 1.35 bits per heavy atom. The number of methoxy groups -OCH3 is 1. The van der Waals surface area contributed by atoms with Crippen molar-refractivity contribution in [3.05, 3.63) is 29.2 Å². The van der Waals surface area contributed by atoms with E-state index in [0.717, 1.165) is 11.3 Å². The third kappa shape index (κ3) is 1.78. The number of pyridine rings is 1. The second-order valence-electron chi connectivity index (χ2n) is 3.85. The van der Waals surface area contributed by atoms with E-state index in [9.17, 15) is 4.39 Å². The minimum Gasteiger partial charge on any atom is -0.494 e. The van der Waals surface area contributed by atoms with Crippen LogP contribution in [0, 0.1) is 19.7 Å². The predicted octanol–water partition coefficient (Wildman–Crippen LogP) is 2.28. The van der Waals surface area contributed by atoms with Crippen LogP contribution >= 0.6 is 0 Å².